The number of carbonyl (C=O) groups is 1. The van der Waals surface area contributed by atoms with E-state index in [4.69, 9.17) is 5.11 Å². The van der Waals surface area contributed by atoms with Gasteiger partial charge in [-0.05, 0) is 31.4 Å². The zero-order chi connectivity index (χ0) is 11.4. The molecule has 1 heterocycles. The molecule has 1 unspecified atom stereocenters. The quantitative estimate of drug-likeness (QED) is 0.858. The Morgan fingerprint density at radius 3 is 2.75 bits per heavy atom. The standard InChI is InChI=1S/C12H15NO2S/c14-12(15)13-9-5-4-8-11(13)16-10-6-2-1-3-7-10/h1-3,6-7,11H,4-5,8-9H2,(H,14,15). The molecule has 1 aromatic carbocycles. The third-order valence-electron chi connectivity index (χ3n) is 2.71. The molecule has 0 saturated carbocycles. The number of thioether (sulfide) groups is 1. The summed E-state index contributed by atoms with van der Waals surface area (Å²) in [5, 5.41) is 9.18. The van der Waals surface area contributed by atoms with Gasteiger partial charge in [0.25, 0.3) is 0 Å². The monoisotopic (exact) mass is 237 g/mol. The van der Waals surface area contributed by atoms with Crippen LogP contribution in [0.5, 0.6) is 0 Å². The largest absolute Gasteiger partial charge is 0.465 e. The van der Waals surface area contributed by atoms with Gasteiger partial charge in [-0.15, -0.1) is 11.8 Å². The molecule has 0 aliphatic carbocycles. The number of benzene rings is 1. The summed E-state index contributed by atoms with van der Waals surface area (Å²) in [6.07, 6.45) is 2.26. The summed E-state index contributed by atoms with van der Waals surface area (Å²) in [6, 6.07) is 9.99. The van der Waals surface area contributed by atoms with Crippen molar-refractivity contribution in [3.8, 4) is 0 Å². The van der Waals surface area contributed by atoms with Gasteiger partial charge in [-0.2, -0.15) is 0 Å². The molecule has 0 bridgehead atoms. The molecule has 16 heavy (non-hydrogen) atoms. The molecule has 1 aliphatic rings. The Kier molecular flexibility index (Phi) is 3.72. The molecule has 3 nitrogen and oxygen atoms in total. The first-order valence-electron chi connectivity index (χ1n) is 5.48. The number of piperidine rings is 1. The molecule has 1 aliphatic heterocycles. The summed E-state index contributed by atoms with van der Waals surface area (Å²) in [5.41, 5.74) is 0. The zero-order valence-corrected chi connectivity index (χ0v) is 9.82. The van der Waals surface area contributed by atoms with Gasteiger partial charge < -0.3 is 5.11 Å². The number of carboxylic acid groups (broad SMARTS) is 1. The number of likely N-dealkylation sites (tertiary alicyclic amines) is 1. The first-order valence-corrected chi connectivity index (χ1v) is 6.36. The van der Waals surface area contributed by atoms with E-state index in [1.165, 1.54) is 0 Å². The fourth-order valence-corrected chi connectivity index (χ4v) is 3.13. The van der Waals surface area contributed by atoms with Crippen molar-refractivity contribution in [2.24, 2.45) is 0 Å². The summed E-state index contributed by atoms with van der Waals surface area (Å²) in [7, 11) is 0. The molecule has 1 amide bonds. The third-order valence-corrected chi connectivity index (χ3v) is 4.02. The van der Waals surface area contributed by atoms with E-state index in [2.05, 4.69) is 0 Å². The molecule has 1 fully saturated rings. The highest BCUT2D eigenvalue weighted by molar-refractivity contribution is 7.99. The second kappa shape index (κ2) is 5.25. The van der Waals surface area contributed by atoms with E-state index in [1.54, 1.807) is 16.7 Å². The Morgan fingerprint density at radius 2 is 2.06 bits per heavy atom. The molecule has 1 aromatic rings. The highest BCUT2D eigenvalue weighted by Gasteiger charge is 2.26. The molecule has 2 rings (SSSR count). The van der Waals surface area contributed by atoms with E-state index in [1.807, 2.05) is 30.3 Å². The van der Waals surface area contributed by atoms with Crippen molar-refractivity contribution < 1.29 is 9.90 Å². The molecule has 1 atom stereocenters. The molecular formula is C12H15NO2S. The van der Waals surface area contributed by atoms with Gasteiger partial charge in [0.05, 0.1) is 5.37 Å². The minimum Gasteiger partial charge on any atom is -0.465 e. The van der Waals surface area contributed by atoms with Gasteiger partial charge in [0.15, 0.2) is 0 Å². The number of amides is 1. The molecule has 1 N–H and O–H groups in total. The highest BCUT2D eigenvalue weighted by atomic mass is 32.2. The lowest BCUT2D eigenvalue weighted by Crippen LogP contribution is -2.40. The number of hydrogen-bond acceptors (Lipinski definition) is 2. The second-order valence-electron chi connectivity index (χ2n) is 3.86. The van der Waals surface area contributed by atoms with E-state index in [0.717, 1.165) is 24.2 Å². The van der Waals surface area contributed by atoms with Crippen molar-refractivity contribution in [2.45, 2.75) is 29.5 Å². The van der Waals surface area contributed by atoms with Crippen LogP contribution < -0.4 is 0 Å². The number of hydrogen-bond donors (Lipinski definition) is 1. The van der Waals surface area contributed by atoms with Crippen LogP contribution in [0.4, 0.5) is 4.79 Å². The van der Waals surface area contributed by atoms with Crippen LogP contribution in [0.15, 0.2) is 35.2 Å². The summed E-state index contributed by atoms with van der Waals surface area (Å²) in [4.78, 5) is 13.8. The van der Waals surface area contributed by atoms with Gasteiger partial charge in [0.2, 0.25) is 0 Å². The first kappa shape index (κ1) is 11.3. The normalized spacial score (nSPS) is 20.8. The summed E-state index contributed by atoms with van der Waals surface area (Å²) < 4.78 is 0. The van der Waals surface area contributed by atoms with Gasteiger partial charge >= 0.3 is 6.09 Å². The lowest BCUT2D eigenvalue weighted by atomic mass is 10.1. The van der Waals surface area contributed by atoms with E-state index in [9.17, 15) is 4.79 Å². The predicted octanol–water partition coefficient (Wildman–Crippen LogP) is 3.27. The van der Waals surface area contributed by atoms with Gasteiger partial charge in [-0.25, -0.2) is 4.79 Å². The average molecular weight is 237 g/mol. The van der Waals surface area contributed by atoms with E-state index in [0.29, 0.717) is 6.54 Å². The van der Waals surface area contributed by atoms with Gasteiger partial charge in [-0.1, -0.05) is 18.2 Å². The molecule has 1 saturated heterocycles. The van der Waals surface area contributed by atoms with Gasteiger partial charge in [-0.3, -0.25) is 4.90 Å². The fraction of sp³-hybridized carbons (Fsp3) is 0.417. The van der Waals surface area contributed by atoms with Crippen molar-refractivity contribution >= 4 is 17.9 Å². The Bertz CT molecular complexity index is 355. The Hall–Kier alpha value is -1.16. The lowest BCUT2D eigenvalue weighted by molar-refractivity contribution is 0.129. The van der Waals surface area contributed by atoms with Crippen molar-refractivity contribution in [1.82, 2.24) is 4.90 Å². The molecule has 4 heteroatoms. The highest BCUT2D eigenvalue weighted by Crippen LogP contribution is 2.31. The number of rotatable bonds is 2. The summed E-state index contributed by atoms with van der Waals surface area (Å²) in [5.74, 6) is 0. The number of nitrogens with zero attached hydrogens (tertiary/aromatic N) is 1. The maximum Gasteiger partial charge on any atom is 0.408 e. The van der Waals surface area contributed by atoms with Crippen LogP contribution in [-0.4, -0.2) is 28.0 Å². The van der Waals surface area contributed by atoms with E-state index in [-0.39, 0.29) is 5.37 Å². The third kappa shape index (κ3) is 2.70. The van der Waals surface area contributed by atoms with Crippen molar-refractivity contribution in [3.63, 3.8) is 0 Å². The smallest absolute Gasteiger partial charge is 0.408 e. The topological polar surface area (TPSA) is 40.5 Å². The lowest BCUT2D eigenvalue weighted by Gasteiger charge is -2.32. The molecule has 0 aromatic heterocycles. The molecular weight excluding hydrogens is 222 g/mol. The zero-order valence-electron chi connectivity index (χ0n) is 9.00. The fourth-order valence-electron chi connectivity index (χ4n) is 1.90. The van der Waals surface area contributed by atoms with E-state index < -0.39 is 6.09 Å². The van der Waals surface area contributed by atoms with Crippen LogP contribution in [-0.2, 0) is 0 Å². The van der Waals surface area contributed by atoms with Gasteiger partial charge in [0, 0.05) is 11.4 Å². The Morgan fingerprint density at radius 1 is 1.31 bits per heavy atom. The molecule has 86 valence electrons. The molecule has 0 radical (unpaired) electrons. The van der Waals surface area contributed by atoms with Crippen LogP contribution in [0, 0.1) is 0 Å². The summed E-state index contributed by atoms with van der Waals surface area (Å²) >= 11 is 1.65. The minimum atomic E-state index is -0.798. The SMILES string of the molecule is O=C(O)N1CCCCC1Sc1ccccc1. The van der Waals surface area contributed by atoms with Crippen LogP contribution in [0.3, 0.4) is 0 Å². The average Bonchev–Trinajstić information content (AvgIpc) is 2.31. The van der Waals surface area contributed by atoms with E-state index >= 15 is 0 Å². The predicted molar refractivity (Wildman–Crippen MR) is 64.7 cm³/mol. The first-order chi connectivity index (χ1) is 7.77. The molecule has 0 spiro atoms. The van der Waals surface area contributed by atoms with Gasteiger partial charge in [0.1, 0.15) is 0 Å². The van der Waals surface area contributed by atoms with Crippen LogP contribution in [0.2, 0.25) is 0 Å². The van der Waals surface area contributed by atoms with Crippen LogP contribution >= 0.6 is 11.8 Å². The maximum atomic E-state index is 11.1. The van der Waals surface area contributed by atoms with Crippen LogP contribution in [0.25, 0.3) is 0 Å². The Balaban J connectivity index is 2.04. The van der Waals surface area contributed by atoms with Crippen LogP contribution in [0.1, 0.15) is 19.3 Å². The van der Waals surface area contributed by atoms with Crippen molar-refractivity contribution in [3.05, 3.63) is 30.3 Å². The van der Waals surface area contributed by atoms with Crippen molar-refractivity contribution in [1.29, 1.82) is 0 Å². The minimum absolute atomic E-state index is 0.0775. The second-order valence-corrected chi connectivity index (χ2v) is 5.11. The Labute approximate surface area is 99.5 Å². The maximum absolute atomic E-state index is 11.1. The summed E-state index contributed by atoms with van der Waals surface area (Å²) in [6.45, 7) is 0.667. The van der Waals surface area contributed by atoms with Crippen molar-refractivity contribution in [2.75, 3.05) is 6.54 Å².